The van der Waals surface area contributed by atoms with Crippen molar-refractivity contribution in [3.05, 3.63) is 88.0 Å². The highest BCUT2D eigenvalue weighted by Crippen LogP contribution is 2.14. The van der Waals surface area contributed by atoms with Crippen LogP contribution in [0.2, 0.25) is 0 Å². The fraction of sp³-hybridized carbons (Fsp3) is 0.143. The van der Waals surface area contributed by atoms with Gasteiger partial charge in [-0.15, -0.1) is 0 Å². The molecule has 0 heterocycles. The topological polar surface area (TPSA) is 0 Å². The zero-order valence-corrected chi connectivity index (χ0v) is 16.5. The van der Waals surface area contributed by atoms with E-state index in [1.807, 2.05) is 0 Å². The van der Waals surface area contributed by atoms with Gasteiger partial charge in [-0.25, -0.2) is 26.3 Å². The summed E-state index contributed by atoms with van der Waals surface area (Å²) >= 11 is -3.04. The summed E-state index contributed by atoms with van der Waals surface area (Å²) in [5, 5.41) is 0. The Hall–Kier alpha value is -2.23. The van der Waals surface area contributed by atoms with Gasteiger partial charge in [-0.05, 0) is 55.7 Å². The maximum absolute atomic E-state index is 14.2. The molecule has 28 heavy (non-hydrogen) atoms. The van der Waals surface area contributed by atoms with Gasteiger partial charge in [0.1, 0.15) is 34.9 Å². The minimum Gasteiger partial charge on any atom is -0.207 e. The van der Waals surface area contributed by atoms with E-state index in [2.05, 4.69) is 0 Å². The number of rotatable bonds is 3. The molecule has 0 amide bonds. The third-order valence-electron chi connectivity index (χ3n) is 4.98. The average molecular weight is 408 g/mol. The van der Waals surface area contributed by atoms with E-state index in [-0.39, 0.29) is 30.0 Å². The Morgan fingerprint density at radius 3 is 0.964 bits per heavy atom. The molecule has 0 radical (unpaired) electrons. The molecular formula is C21H15AlF6. The summed E-state index contributed by atoms with van der Waals surface area (Å²) in [5.74, 6) is -5.14. The van der Waals surface area contributed by atoms with Crippen molar-refractivity contribution in [2.75, 3.05) is 0 Å². The molecule has 0 aromatic heterocycles. The van der Waals surface area contributed by atoms with Crippen molar-refractivity contribution in [1.29, 1.82) is 0 Å². The molecule has 0 spiro atoms. The monoisotopic (exact) mass is 408 g/mol. The highest BCUT2D eigenvalue weighted by atomic mass is 27.2. The lowest BCUT2D eigenvalue weighted by Gasteiger charge is -2.21. The van der Waals surface area contributed by atoms with Gasteiger partial charge in [-0.1, -0.05) is 13.3 Å². The van der Waals surface area contributed by atoms with Crippen LogP contribution < -0.4 is 13.3 Å². The first-order chi connectivity index (χ1) is 13.1. The van der Waals surface area contributed by atoms with E-state index < -0.39 is 49.1 Å². The van der Waals surface area contributed by atoms with Crippen molar-refractivity contribution in [1.82, 2.24) is 0 Å². The average Bonchev–Trinajstić information content (AvgIpc) is 2.60. The zero-order valence-electron chi connectivity index (χ0n) is 15.3. The van der Waals surface area contributed by atoms with Crippen LogP contribution >= 0.6 is 0 Å². The van der Waals surface area contributed by atoms with Crippen LogP contribution in [0.3, 0.4) is 0 Å². The van der Waals surface area contributed by atoms with E-state index in [4.69, 9.17) is 0 Å². The lowest BCUT2D eigenvalue weighted by Crippen LogP contribution is -2.55. The Bertz CT molecular complexity index is 941. The van der Waals surface area contributed by atoms with Crippen molar-refractivity contribution in [2.24, 2.45) is 0 Å². The summed E-state index contributed by atoms with van der Waals surface area (Å²) in [4.78, 5) is 0. The predicted octanol–water partition coefficient (Wildman–Crippen LogP) is 3.96. The SMILES string of the molecule is Cc1c(F)cc(F)c[c]1[Al]([c]1cc(F)cc(F)c1C)[c]1cc(F)cc(F)c1C. The van der Waals surface area contributed by atoms with Gasteiger partial charge in [0.2, 0.25) is 0 Å². The van der Waals surface area contributed by atoms with E-state index in [1.54, 1.807) is 0 Å². The van der Waals surface area contributed by atoms with Crippen LogP contribution in [0.5, 0.6) is 0 Å². The fourth-order valence-electron chi connectivity index (χ4n) is 3.40. The Labute approximate surface area is 162 Å². The van der Waals surface area contributed by atoms with Crippen LogP contribution in [0.25, 0.3) is 0 Å². The molecule has 0 atom stereocenters. The normalized spacial score (nSPS) is 11.0. The number of hydrogen-bond acceptors (Lipinski definition) is 0. The van der Waals surface area contributed by atoms with Gasteiger partial charge >= 0.3 is 14.1 Å². The van der Waals surface area contributed by atoms with E-state index in [0.717, 1.165) is 18.2 Å². The molecule has 0 unspecified atom stereocenters. The summed E-state index contributed by atoms with van der Waals surface area (Å²) in [6.45, 7) is 4.21. The fourth-order valence-corrected chi connectivity index (χ4v) is 7.09. The van der Waals surface area contributed by atoms with Gasteiger partial charge in [-0.3, -0.25) is 0 Å². The maximum atomic E-state index is 14.2. The molecule has 0 fully saturated rings. The Balaban J connectivity index is 2.44. The minimum atomic E-state index is -3.04. The van der Waals surface area contributed by atoms with E-state index >= 15 is 0 Å². The Morgan fingerprint density at radius 1 is 0.464 bits per heavy atom. The molecule has 0 bridgehead atoms. The van der Waals surface area contributed by atoms with E-state index in [0.29, 0.717) is 18.2 Å². The molecule has 3 aromatic carbocycles. The quantitative estimate of drug-likeness (QED) is 0.455. The molecule has 0 saturated heterocycles. The van der Waals surface area contributed by atoms with Crippen LogP contribution in [-0.2, 0) is 0 Å². The lowest BCUT2D eigenvalue weighted by molar-refractivity contribution is 0.579. The molecule has 0 N–H and O–H groups in total. The predicted molar refractivity (Wildman–Crippen MR) is 97.9 cm³/mol. The van der Waals surface area contributed by atoms with E-state index in [9.17, 15) is 26.3 Å². The summed E-state index contributed by atoms with van der Waals surface area (Å²) in [6.07, 6.45) is 0. The van der Waals surface area contributed by atoms with E-state index in [1.165, 1.54) is 20.8 Å². The van der Waals surface area contributed by atoms with Gasteiger partial charge in [0.25, 0.3) is 0 Å². The maximum Gasteiger partial charge on any atom is 0.385 e. The number of benzene rings is 3. The first-order valence-electron chi connectivity index (χ1n) is 8.46. The van der Waals surface area contributed by atoms with Gasteiger partial charge in [0, 0.05) is 18.2 Å². The first-order valence-corrected chi connectivity index (χ1v) is 10.2. The van der Waals surface area contributed by atoms with Gasteiger partial charge < -0.3 is 0 Å². The second kappa shape index (κ2) is 7.65. The lowest BCUT2D eigenvalue weighted by atomic mass is 10.2. The molecule has 7 heteroatoms. The number of hydrogen-bond donors (Lipinski definition) is 0. The third-order valence-corrected chi connectivity index (χ3v) is 8.65. The molecule has 0 aliphatic carbocycles. The van der Waals surface area contributed by atoms with Crippen LogP contribution in [0.4, 0.5) is 26.3 Å². The molecular weight excluding hydrogens is 393 g/mol. The highest BCUT2D eigenvalue weighted by molar-refractivity contribution is 6.96. The van der Waals surface area contributed by atoms with Gasteiger partial charge in [0.15, 0.2) is 0 Å². The summed E-state index contributed by atoms with van der Waals surface area (Å²) in [5.41, 5.74) is 0.226. The summed E-state index contributed by atoms with van der Waals surface area (Å²) < 4.78 is 85.2. The summed E-state index contributed by atoms with van der Waals surface area (Å²) in [6, 6.07) is 5.30. The molecule has 0 saturated carbocycles. The third kappa shape index (κ3) is 3.69. The standard InChI is InChI=1S/3C7H5F2.Al/c3*1-5-2-3-6(8)4-7(5)9;/h3*3-4H,1H3;. The van der Waals surface area contributed by atoms with Crippen molar-refractivity contribution < 1.29 is 26.3 Å². The van der Waals surface area contributed by atoms with Crippen molar-refractivity contribution in [2.45, 2.75) is 20.8 Å². The summed E-state index contributed by atoms with van der Waals surface area (Å²) in [7, 11) is 0. The Morgan fingerprint density at radius 2 is 0.714 bits per heavy atom. The second-order valence-electron chi connectivity index (χ2n) is 6.74. The molecule has 0 aliphatic rings. The van der Waals surface area contributed by atoms with Crippen molar-refractivity contribution >= 4 is 27.4 Å². The first kappa shape index (κ1) is 20.5. The largest absolute Gasteiger partial charge is 0.385 e. The number of halogens is 6. The van der Waals surface area contributed by atoms with Gasteiger partial charge in [0.05, 0.1) is 0 Å². The molecule has 3 aromatic rings. The minimum absolute atomic E-state index is 0.0752. The van der Waals surface area contributed by atoms with Crippen LogP contribution in [0.1, 0.15) is 16.7 Å². The smallest absolute Gasteiger partial charge is 0.207 e. The molecule has 144 valence electrons. The van der Waals surface area contributed by atoms with Crippen molar-refractivity contribution in [3.8, 4) is 0 Å². The Kier molecular flexibility index (Phi) is 5.60. The zero-order chi connectivity index (χ0) is 20.7. The van der Waals surface area contributed by atoms with Crippen LogP contribution in [0.15, 0.2) is 36.4 Å². The molecule has 0 aliphatic heterocycles. The van der Waals surface area contributed by atoms with Crippen LogP contribution in [0, 0.1) is 55.7 Å². The van der Waals surface area contributed by atoms with Gasteiger partial charge in [-0.2, -0.15) is 0 Å². The highest BCUT2D eigenvalue weighted by Gasteiger charge is 2.33. The van der Waals surface area contributed by atoms with Crippen molar-refractivity contribution in [3.63, 3.8) is 0 Å². The van der Waals surface area contributed by atoms with Crippen LogP contribution in [-0.4, -0.2) is 14.1 Å². The molecule has 3 rings (SSSR count). The second-order valence-corrected chi connectivity index (χ2v) is 9.47. The molecule has 0 nitrogen and oxygen atoms in total.